The monoisotopic (exact) mass is 349 g/mol. The zero-order chi connectivity index (χ0) is 22.1. The summed E-state index contributed by atoms with van der Waals surface area (Å²) in [5.41, 5.74) is 1.88. The van der Waals surface area contributed by atoms with Crippen molar-refractivity contribution in [1.29, 1.82) is 0 Å². The molecule has 0 spiro atoms. The van der Waals surface area contributed by atoms with Crippen molar-refractivity contribution >= 4 is 43.4 Å². The number of pyridine rings is 1. The van der Waals surface area contributed by atoms with Gasteiger partial charge in [-0.15, -0.1) is 11.3 Å². The molecule has 5 aromatic rings. The molecule has 0 unspecified atom stereocenters. The van der Waals surface area contributed by atoms with Gasteiger partial charge in [0.2, 0.25) is 0 Å². The van der Waals surface area contributed by atoms with Crippen molar-refractivity contribution < 1.29 is 12.6 Å². The van der Waals surface area contributed by atoms with Crippen molar-refractivity contribution in [2.75, 3.05) is 0 Å². The van der Waals surface area contributed by atoms with Gasteiger partial charge in [-0.05, 0) is 62.1 Å². The van der Waals surface area contributed by atoms with Crippen LogP contribution in [0, 0.1) is 20.6 Å². The smallest absolute Gasteiger partial charge is 0.144 e. The SMILES string of the molecule is [2H]C([2H])([2H])c1cnc(-c2cccc3c2oc2c4cc(C)sc4ccc32)cc1C([2H])([2H])[2H]. The summed E-state index contributed by atoms with van der Waals surface area (Å²) in [6, 6.07) is 13.2. The molecule has 2 nitrogen and oxygen atoms in total. The van der Waals surface area contributed by atoms with Crippen LogP contribution in [0.15, 0.2) is 53.1 Å². The largest absolute Gasteiger partial charge is 0.455 e. The molecule has 0 aliphatic rings. The van der Waals surface area contributed by atoms with E-state index in [9.17, 15) is 0 Å². The fraction of sp³-hybridized carbons (Fsp3) is 0.136. The molecule has 3 heteroatoms. The van der Waals surface area contributed by atoms with E-state index in [1.807, 2.05) is 18.2 Å². The summed E-state index contributed by atoms with van der Waals surface area (Å²) in [7, 11) is 0. The van der Waals surface area contributed by atoms with Crippen molar-refractivity contribution in [3.63, 3.8) is 0 Å². The van der Waals surface area contributed by atoms with Gasteiger partial charge < -0.3 is 4.42 Å². The van der Waals surface area contributed by atoms with Gasteiger partial charge in [-0.1, -0.05) is 12.1 Å². The highest BCUT2D eigenvalue weighted by Gasteiger charge is 2.15. The highest BCUT2D eigenvalue weighted by Crippen LogP contribution is 2.40. The van der Waals surface area contributed by atoms with E-state index in [-0.39, 0.29) is 11.1 Å². The molecular formula is C22H17NOS. The van der Waals surface area contributed by atoms with E-state index >= 15 is 0 Å². The Morgan fingerprint density at radius 3 is 2.72 bits per heavy atom. The van der Waals surface area contributed by atoms with Crippen molar-refractivity contribution in [1.82, 2.24) is 4.98 Å². The van der Waals surface area contributed by atoms with Crippen LogP contribution < -0.4 is 0 Å². The van der Waals surface area contributed by atoms with E-state index < -0.39 is 13.7 Å². The maximum absolute atomic E-state index is 7.83. The number of hydrogen-bond donors (Lipinski definition) is 0. The number of hydrogen-bond acceptors (Lipinski definition) is 3. The lowest BCUT2D eigenvalue weighted by Gasteiger charge is -2.05. The first-order valence-corrected chi connectivity index (χ1v) is 8.71. The molecule has 0 fully saturated rings. The lowest BCUT2D eigenvalue weighted by atomic mass is 10.0. The minimum absolute atomic E-state index is 0.221. The van der Waals surface area contributed by atoms with Gasteiger partial charge in [0.05, 0.1) is 5.69 Å². The molecule has 0 N–H and O–H groups in total. The zero-order valence-electron chi connectivity index (χ0n) is 19.4. The normalized spacial score (nSPS) is 16.4. The molecule has 3 aromatic heterocycles. The molecule has 2 aromatic carbocycles. The van der Waals surface area contributed by atoms with Crippen LogP contribution in [0.3, 0.4) is 0 Å². The van der Waals surface area contributed by atoms with Gasteiger partial charge in [0.1, 0.15) is 11.2 Å². The van der Waals surface area contributed by atoms with Crippen molar-refractivity contribution in [3.8, 4) is 11.3 Å². The molecule has 0 bridgehead atoms. The van der Waals surface area contributed by atoms with E-state index in [4.69, 9.17) is 12.6 Å². The maximum atomic E-state index is 7.83. The summed E-state index contributed by atoms with van der Waals surface area (Å²) < 4.78 is 54.0. The van der Waals surface area contributed by atoms with Gasteiger partial charge >= 0.3 is 0 Å². The van der Waals surface area contributed by atoms with Gasteiger partial charge in [-0.2, -0.15) is 0 Å². The quantitative estimate of drug-likeness (QED) is 0.333. The van der Waals surface area contributed by atoms with Crippen molar-refractivity contribution in [3.05, 3.63) is 64.7 Å². The van der Waals surface area contributed by atoms with Crippen LogP contribution in [-0.4, -0.2) is 4.98 Å². The minimum atomic E-state index is -2.58. The molecule has 0 saturated heterocycles. The molecule has 25 heavy (non-hydrogen) atoms. The Kier molecular flexibility index (Phi) is 2.01. The van der Waals surface area contributed by atoms with Gasteiger partial charge in [0, 0.05) is 45.7 Å². The Hall–Kier alpha value is -2.65. The van der Waals surface area contributed by atoms with Gasteiger partial charge in [-0.25, -0.2) is 0 Å². The lowest BCUT2D eigenvalue weighted by molar-refractivity contribution is 0.673. The Morgan fingerprint density at radius 2 is 1.84 bits per heavy atom. The van der Waals surface area contributed by atoms with Gasteiger partial charge in [-0.3, -0.25) is 4.98 Å². The number of furan rings is 1. The van der Waals surface area contributed by atoms with Crippen LogP contribution in [-0.2, 0) is 0 Å². The lowest BCUT2D eigenvalue weighted by Crippen LogP contribution is -1.88. The first-order valence-electron chi connectivity index (χ1n) is 10.9. The summed E-state index contributed by atoms with van der Waals surface area (Å²) in [6.45, 7) is -3.09. The Morgan fingerprint density at radius 1 is 0.960 bits per heavy atom. The number of benzene rings is 2. The summed E-state index contributed by atoms with van der Waals surface area (Å²) in [5.74, 6) is 0. The van der Waals surface area contributed by atoms with E-state index in [2.05, 4.69) is 24.0 Å². The number of aromatic nitrogens is 1. The van der Waals surface area contributed by atoms with Crippen molar-refractivity contribution in [2.45, 2.75) is 20.6 Å². The molecule has 0 aliphatic heterocycles. The third-order valence-corrected chi connectivity index (χ3v) is 5.48. The number of thiophene rings is 1. The Bertz CT molecular complexity index is 1480. The summed E-state index contributed by atoms with van der Waals surface area (Å²) in [6.07, 6.45) is 1.14. The third kappa shape index (κ3) is 2.12. The van der Waals surface area contributed by atoms with Crippen molar-refractivity contribution in [2.24, 2.45) is 0 Å². The summed E-state index contributed by atoms with van der Waals surface area (Å²) in [4.78, 5) is 5.50. The molecule has 0 radical (unpaired) electrons. The van der Waals surface area contributed by atoms with Crippen LogP contribution in [0.2, 0.25) is 0 Å². The van der Waals surface area contributed by atoms with E-state index in [0.29, 0.717) is 16.8 Å². The fourth-order valence-corrected chi connectivity index (χ4v) is 4.22. The maximum Gasteiger partial charge on any atom is 0.144 e. The second-order valence-electron chi connectivity index (χ2n) is 6.11. The van der Waals surface area contributed by atoms with Gasteiger partial charge in [0.15, 0.2) is 0 Å². The zero-order valence-corrected chi connectivity index (χ0v) is 14.2. The number of fused-ring (bicyclic) bond motifs is 5. The highest BCUT2D eigenvalue weighted by atomic mass is 32.1. The predicted octanol–water partition coefficient (Wildman–Crippen LogP) is 6.79. The predicted molar refractivity (Wildman–Crippen MR) is 107 cm³/mol. The second kappa shape index (κ2) is 5.17. The topological polar surface area (TPSA) is 26.0 Å². The van der Waals surface area contributed by atoms with E-state index in [1.165, 1.54) is 10.9 Å². The molecule has 3 heterocycles. The first-order chi connectivity index (χ1) is 14.5. The first kappa shape index (κ1) is 9.73. The number of nitrogens with zero attached hydrogens (tertiary/aromatic N) is 1. The highest BCUT2D eigenvalue weighted by molar-refractivity contribution is 7.19. The molecule has 0 aliphatic carbocycles. The fourth-order valence-electron chi connectivity index (χ4n) is 3.30. The summed E-state index contributed by atoms with van der Waals surface area (Å²) >= 11 is 1.70. The number of aryl methyl sites for hydroxylation is 3. The number of para-hydroxylation sites is 1. The van der Waals surface area contributed by atoms with E-state index in [1.54, 1.807) is 17.4 Å². The molecule has 5 rings (SSSR count). The van der Waals surface area contributed by atoms with Crippen LogP contribution in [0.25, 0.3) is 43.3 Å². The second-order valence-corrected chi connectivity index (χ2v) is 7.40. The average molecular weight is 349 g/mol. The van der Waals surface area contributed by atoms with Crippen LogP contribution >= 0.6 is 11.3 Å². The standard InChI is InChI=1S/C22H17NOS/c1-12-9-19(23-11-13(12)2)17-6-4-5-15-16-7-8-20-18(10-14(3)25-20)22(16)24-21(15)17/h4-11H,1-3H3/i1D3,2D3. The molecule has 0 amide bonds. The Labute approximate surface area is 158 Å². The number of rotatable bonds is 1. The Balaban J connectivity index is 1.80. The van der Waals surface area contributed by atoms with Gasteiger partial charge in [0.25, 0.3) is 0 Å². The minimum Gasteiger partial charge on any atom is -0.455 e. The molecule has 0 saturated carbocycles. The average Bonchev–Trinajstić information content (AvgIpc) is 3.25. The third-order valence-electron chi connectivity index (χ3n) is 4.46. The molecule has 122 valence electrons. The molecular weight excluding hydrogens is 326 g/mol. The summed E-state index contributed by atoms with van der Waals surface area (Å²) in [5, 5.41) is 2.91. The van der Waals surface area contributed by atoms with Crippen LogP contribution in [0.1, 0.15) is 24.2 Å². The van der Waals surface area contributed by atoms with Crippen LogP contribution in [0.5, 0.6) is 0 Å². The molecule has 0 atom stereocenters. The van der Waals surface area contributed by atoms with Crippen LogP contribution in [0.4, 0.5) is 0 Å². The van der Waals surface area contributed by atoms with E-state index in [0.717, 1.165) is 32.6 Å².